The fourth-order valence-electron chi connectivity index (χ4n) is 3.68. The Morgan fingerprint density at radius 3 is 2.84 bits per heavy atom. The molecule has 7 nitrogen and oxygen atoms in total. The second-order valence-corrected chi connectivity index (χ2v) is 8.00. The summed E-state index contributed by atoms with van der Waals surface area (Å²) < 4.78 is 21.0. The number of nitrogens with zero attached hydrogens (tertiary/aromatic N) is 5. The lowest BCUT2D eigenvalue weighted by Crippen LogP contribution is -2.37. The van der Waals surface area contributed by atoms with Gasteiger partial charge < -0.3 is 9.32 Å². The quantitative estimate of drug-likeness (QED) is 0.458. The van der Waals surface area contributed by atoms with Crippen LogP contribution in [0.15, 0.2) is 76.0 Å². The van der Waals surface area contributed by atoms with Crippen molar-refractivity contribution in [2.75, 3.05) is 5.32 Å². The van der Waals surface area contributed by atoms with Crippen molar-refractivity contribution in [1.82, 2.24) is 19.7 Å². The van der Waals surface area contributed by atoms with E-state index in [0.29, 0.717) is 28.6 Å². The summed E-state index contributed by atoms with van der Waals surface area (Å²) in [5.41, 5.74) is 3.81. The van der Waals surface area contributed by atoms with Crippen LogP contribution >= 0.6 is 11.6 Å². The summed E-state index contributed by atoms with van der Waals surface area (Å²) >= 11 is 6.44. The van der Waals surface area contributed by atoms with E-state index in [2.05, 4.69) is 21.5 Å². The van der Waals surface area contributed by atoms with Gasteiger partial charge in [-0.1, -0.05) is 29.8 Å². The molecular formula is C23H20ClFN6O. The molecule has 1 N–H and O–H groups in total. The maximum atomic E-state index is 13.6. The first-order valence-corrected chi connectivity index (χ1v) is 10.4. The number of nitrogens with one attached hydrogen (secondary N) is 1. The van der Waals surface area contributed by atoms with Crippen molar-refractivity contribution < 1.29 is 8.81 Å². The Morgan fingerprint density at radius 1 is 1.22 bits per heavy atom. The van der Waals surface area contributed by atoms with Gasteiger partial charge in [0, 0.05) is 35.6 Å². The standard InChI is InChI=1S/C23H20ClFN6O/c1-14-9-20(17-5-3-4-6-18(17)24)27-22(31(14)13-15-11-26-30(2)12-15)29-23-28-19-8-7-16(25)10-21(19)32-23/h3-12,20H,13H2,1-2H3,(H,27,28,29). The van der Waals surface area contributed by atoms with E-state index in [0.717, 1.165) is 16.8 Å². The van der Waals surface area contributed by atoms with Crippen molar-refractivity contribution >= 4 is 34.7 Å². The third-order valence-electron chi connectivity index (χ3n) is 5.23. The fraction of sp³-hybridized carbons (Fsp3) is 0.174. The van der Waals surface area contributed by atoms with Crippen LogP contribution in [-0.2, 0) is 13.6 Å². The normalized spacial score (nSPS) is 16.2. The minimum atomic E-state index is -0.383. The number of benzene rings is 2. The first-order chi connectivity index (χ1) is 15.5. The van der Waals surface area contributed by atoms with Gasteiger partial charge in [-0.2, -0.15) is 10.1 Å². The van der Waals surface area contributed by atoms with Gasteiger partial charge in [0.25, 0.3) is 0 Å². The first-order valence-electron chi connectivity index (χ1n) is 10.0. The van der Waals surface area contributed by atoms with Crippen LogP contribution in [0.1, 0.15) is 24.1 Å². The minimum absolute atomic E-state index is 0.230. The Kier molecular flexibility index (Phi) is 5.14. The Morgan fingerprint density at radius 2 is 2.06 bits per heavy atom. The lowest BCUT2D eigenvalue weighted by Gasteiger charge is -2.31. The molecule has 3 heterocycles. The Labute approximate surface area is 188 Å². The first kappa shape index (κ1) is 20.3. The van der Waals surface area contributed by atoms with Gasteiger partial charge in [0.1, 0.15) is 17.4 Å². The maximum absolute atomic E-state index is 13.6. The highest BCUT2D eigenvalue weighted by molar-refractivity contribution is 6.31. The second kappa shape index (κ2) is 8.12. The average Bonchev–Trinajstić information content (AvgIpc) is 3.35. The average molecular weight is 451 g/mol. The highest BCUT2D eigenvalue weighted by Gasteiger charge is 2.25. The molecule has 0 bridgehead atoms. The molecule has 9 heteroatoms. The van der Waals surface area contributed by atoms with Crippen LogP contribution in [0.2, 0.25) is 5.02 Å². The van der Waals surface area contributed by atoms with Gasteiger partial charge in [-0.25, -0.2) is 9.38 Å². The molecule has 0 saturated heterocycles. The third-order valence-corrected chi connectivity index (χ3v) is 5.58. The molecule has 0 spiro atoms. The Hall–Kier alpha value is -3.65. The second-order valence-electron chi connectivity index (χ2n) is 7.59. The number of aromatic nitrogens is 3. The van der Waals surface area contributed by atoms with Crippen LogP contribution in [0.3, 0.4) is 0 Å². The van der Waals surface area contributed by atoms with Gasteiger partial charge in [0.05, 0.1) is 12.7 Å². The smallest absolute Gasteiger partial charge is 0.302 e. The van der Waals surface area contributed by atoms with E-state index in [1.807, 2.05) is 55.5 Å². The van der Waals surface area contributed by atoms with E-state index < -0.39 is 0 Å². The summed E-state index contributed by atoms with van der Waals surface area (Å²) in [6.45, 7) is 2.56. The van der Waals surface area contributed by atoms with Crippen LogP contribution in [-0.4, -0.2) is 25.6 Å². The van der Waals surface area contributed by atoms with Crippen molar-refractivity contribution in [2.24, 2.45) is 12.0 Å². The van der Waals surface area contributed by atoms with Crippen molar-refractivity contribution in [3.8, 4) is 0 Å². The molecule has 5 rings (SSSR count). The zero-order valence-electron chi connectivity index (χ0n) is 17.5. The van der Waals surface area contributed by atoms with Crippen molar-refractivity contribution in [3.63, 3.8) is 0 Å². The fourth-order valence-corrected chi connectivity index (χ4v) is 3.93. The van der Waals surface area contributed by atoms with E-state index in [-0.39, 0.29) is 17.9 Å². The molecule has 162 valence electrons. The topological polar surface area (TPSA) is 71.5 Å². The number of allylic oxidation sites excluding steroid dienone is 1. The summed E-state index contributed by atoms with van der Waals surface area (Å²) in [6.07, 6.45) is 5.82. The van der Waals surface area contributed by atoms with Crippen LogP contribution in [0, 0.1) is 5.82 Å². The summed E-state index contributed by atoms with van der Waals surface area (Å²) in [4.78, 5) is 11.3. The molecule has 2 aromatic heterocycles. The zero-order valence-corrected chi connectivity index (χ0v) is 18.2. The lowest BCUT2D eigenvalue weighted by atomic mass is 10.0. The summed E-state index contributed by atoms with van der Waals surface area (Å²) in [7, 11) is 1.88. The number of halogens is 2. The molecule has 0 amide bonds. The van der Waals surface area contributed by atoms with Crippen LogP contribution in [0.5, 0.6) is 0 Å². The molecule has 2 aromatic carbocycles. The molecule has 1 unspecified atom stereocenters. The van der Waals surface area contributed by atoms with Gasteiger partial charge in [0.15, 0.2) is 5.58 Å². The van der Waals surface area contributed by atoms with Gasteiger partial charge in [-0.3, -0.25) is 10.00 Å². The van der Waals surface area contributed by atoms with Crippen molar-refractivity contribution in [2.45, 2.75) is 19.5 Å². The highest BCUT2D eigenvalue weighted by Crippen LogP contribution is 2.32. The van der Waals surface area contributed by atoms with E-state index in [1.165, 1.54) is 12.1 Å². The van der Waals surface area contributed by atoms with E-state index >= 15 is 0 Å². The Balaban J connectivity index is 1.52. The highest BCUT2D eigenvalue weighted by atomic mass is 35.5. The van der Waals surface area contributed by atoms with Crippen LogP contribution in [0.25, 0.3) is 11.1 Å². The number of oxazole rings is 1. The Bertz CT molecular complexity index is 1360. The van der Waals surface area contributed by atoms with Gasteiger partial charge in [-0.15, -0.1) is 0 Å². The largest absolute Gasteiger partial charge is 0.423 e. The minimum Gasteiger partial charge on any atom is -0.423 e. The van der Waals surface area contributed by atoms with Crippen molar-refractivity contribution in [1.29, 1.82) is 0 Å². The number of hydrogen-bond donors (Lipinski definition) is 1. The van der Waals surface area contributed by atoms with Gasteiger partial charge >= 0.3 is 6.01 Å². The van der Waals surface area contributed by atoms with E-state index in [1.54, 1.807) is 10.7 Å². The summed E-state index contributed by atoms with van der Waals surface area (Å²) in [5.74, 6) is 0.164. The van der Waals surface area contributed by atoms with Gasteiger partial charge in [-0.05, 0) is 36.8 Å². The van der Waals surface area contributed by atoms with Crippen LogP contribution < -0.4 is 5.32 Å². The zero-order chi connectivity index (χ0) is 22.2. The monoisotopic (exact) mass is 450 g/mol. The molecule has 0 saturated carbocycles. The number of fused-ring (bicyclic) bond motifs is 1. The number of hydrogen-bond acceptors (Lipinski definition) is 6. The molecule has 1 aliphatic rings. The van der Waals surface area contributed by atoms with Crippen molar-refractivity contribution in [3.05, 3.63) is 88.6 Å². The SMILES string of the molecule is CC1=CC(c2ccccc2Cl)N=C(Nc2nc3ccc(F)cc3o2)N1Cc1cnn(C)c1. The molecule has 0 aliphatic carbocycles. The predicted molar refractivity (Wildman–Crippen MR) is 122 cm³/mol. The van der Waals surface area contributed by atoms with E-state index in [4.69, 9.17) is 21.0 Å². The number of guanidine groups is 1. The summed E-state index contributed by atoms with van der Waals surface area (Å²) in [6, 6.07) is 11.8. The molecule has 1 aliphatic heterocycles. The van der Waals surface area contributed by atoms with Crippen LogP contribution in [0.4, 0.5) is 10.4 Å². The maximum Gasteiger partial charge on any atom is 0.302 e. The number of aryl methyl sites for hydroxylation is 1. The molecule has 0 fully saturated rings. The number of anilines is 1. The summed E-state index contributed by atoms with van der Waals surface area (Å²) in [5, 5.41) is 8.08. The molecule has 1 atom stereocenters. The molecule has 32 heavy (non-hydrogen) atoms. The third kappa shape index (κ3) is 3.97. The molecule has 4 aromatic rings. The number of aliphatic imine (C=N–C) groups is 1. The van der Waals surface area contributed by atoms with Gasteiger partial charge in [0.2, 0.25) is 5.96 Å². The molecule has 0 radical (unpaired) electrons. The van der Waals surface area contributed by atoms with E-state index in [9.17, 15) is 4.39 Å². The molecular weight excluding hydrogens is 431 g/mol. The number of rotatable bonds is 4. The lowest BCUT2D eigenvalue weighted by molar-refractivity contribution is 0.482. The predicted octanol–water partition coefficient (Wildman–Crippen LogP) is 5.28.